The summed E-state index contributed by atoms with van der Waals surface area (Å²) in [6.45, 7) is 9.34. The van der Waals surface area contributed by atoms with Crippen LogP contribution in [0.4, 0.5) is 0 Å². The number of aliphatic hydroxyl groups excluding tert-OH is 3. The van der Waals surface area contributed by atoms with Gasteiger partial charge in [-0.2, -0.15) is 0 Å². The number of ketones is 2. The van der Waals surface area contributed by atoms with E-state index in [1.807, 2.05) is 33.8 Å². The van der Waals surface area contributed by atoms with E-state index in [9.17, 15) is 39.9 Å². The summed E-state index contributed by atoms with van der Waals surface area (Å²) in [5, 5.41) is 57.4. The number of likely N-dealkylation sites (N-methyl/N-ethyl adjacent to an activating group) is 1. The van der Waals surface area contributed by atoms with Crippen LogP contribution < -0.4 is 5.73 Å². The quantitative estimate of drug-likeness (QED) is 0.316. The van der Waals surface area contributed by atoms with E-state index in [0.717, 1.165) is 5.56 Å². The standard InChI is InChI=1S/C28H36N2O8/c1-8-11-9-12(27(3,4)5)20(31)15-13(11)10(2)14-16(21(15)32)24(35)28(38)18(22(14)33)19(30(6)7)23(34)17(25(28)36)26(29)37/h9-10,14,18-19,22,31-33,36,38H,8H2,1-7H3,(H2,29,37)/t10-,14+,18+,19?,22-,28-/m0/s1. The van der Waals surface area contributed by atoms with Crippen LogP contribution in [0.3, 0.4) is 0 Å². The number of hydrogen-bond acceptors (Lipinski definition) is 9. The number of nitrogens with two attached hydrogens (primary N) is 1. The molecule has 3 aliphatic rings. The number of hydrogen-bond donors (Lipinski definition) is 6. The molecule has 1 aromatic rings. The van der Waals surface area contributed by atoms with Crippen molar-refractivity contribution in [2.75, 3.05) is 14.1 Å². The summed E-state index contributed by atoms with van der Waals surface area (Å²) in [6, 6.07) is 0.480. The normalized spacial score (nSPS) is 31.4. The second-order valence-electron chi connectivity index (χ2n) is 11.9. The lowest BCUT2D eigenvalue weighted by Crippen LogP contribution is -2.70. The maximum Gasteiger partial charge on any atom is 0.255 e. The van der Waals surface area contributed by atoms with Gasteiger partial charge < -0.3 is 31.3 Å². The minimum absolute atomic E-state index is 0.0327. The molecule has 3 aliphatic carbocycles. The largest absolute Gasteiger partial charge is 0.508 e. The molecule has 0 bridgehead atoms. The smallest absolute Gasteiger partial charge is 0.255 e. The number of fused-ring (bicyclic) bond motifs is 3. The summed E-state index contributed by atoms with van der Waals surface area (Å²) < 4.78 is 0. The molecule has 0 saturated heterocycles. The molecule has 1 fully saturated rings. The molecule has 0 aromatic heterocycles. The lowest BCUT2D eigenvalue weighted by atomic mass is 9.54. The highest BCUT2D eigenvalue weighted by Gasteiger charge is 2.68. The Hall–Kier alpha value is -3.21. The van der Waals surface area contributed by atoms with Crippen LogP contribution in [0, 0.1) is 11.8 Å². The zero-order valence-electron chi connectivity index (χ0n) is 22.7. The summed E-state index contributed by atoms with van der Waals surface area (Å²) >= 11 is 0. The number of phenols is 1. The first-order valence-corrected chi connectivity index (χ1v) is 12.7. The van der Waals surface area contributed by atoms with E-state index >= 15 is 0 Å². The van der Waals surface area contributed by atoms with Gasteiger partial charge in [0.15, 0.2) is 11.4 Å². The summed E-state index contributed by atoms with van der Waals surface area (Å²) in [7, 11) is 2.95. The topological polar surface area (TPSA) is 182 Å². The molecule has 1 unspecified atom stereocenters. The highest BCUT2D eigenvalue weighted by atomic mass is 16.4. The van der Waals surface area contributed by atoms with E-state index < -0.39 is 75.5 Å². The molecular formula is C28H36N2O8. The van der Waals surface area contributed by atoms with Gasteiger partial charge in [0, 0.05) is 17.1 Å². The number of carbonyl (C=O) groups excluding carboxylic acids is 3. The number of amides is 1. The summed E-state index contributed by atoms with van der Waals surface area (Å²) in [5.41, 5.74) is 2.53. The number of Topliss-reactive ketones (excluding diaryl/α,β-unsaturated/α-hetero) is 2. The fraction of sp³-hybridized carbons (Fsp3) is 0.536. The van der Waals surface area contributed by atoms with Crippen molar-refractivity contribution >= 4 is 23.2 Å². The van der Waals surface area contributed by atoms with Gasteiger partial charge in [0.05, 0.1) is 23.6 Å². The number of aliphatic hydroxyl groups is 4. The van der Waals surface area contributed by atoms with Crippen LogP contribution in [0.15, 0.2) is 23.0 Å². The first-order valence-electron chi connectivity index (χ1n) is 12.7. The van der Waals surface area contributed by atoms with Crippen molar-refractivity contribution in [2.45, 2.75) is 70.1 Å². The molecule has 1 aromatic carbocycles. The van der Waals surface area contributed by atoms with E-state index in [2.05, 4.69) is 0 Å². The van der Waals surface area contributed by atoms with Gasteiger partial charge in [-0.15, -0.1) is 0 Å². The van der Waals surface area contributed by atoms with Crippen molar-refractivity contribution in [3.8, 4) is 5.75 Å². The Kier molecular flexibility index (Phi) is 6.34. The Morgan fingerprint density at radius 1 is 1.16 bits per heavy atom. The van der Waals surface area contributed by atoms with Crippen molar-refractivity contribution in [3.05, 3.63) is 45.2 Å². The number of benzene rings is 1. The predicted molar refractivity (Wildman–Crippen MR) is 138 cm³/mol. The molecule has 0 radical (unpaired) electrons. The third kappa shape index (κ3) is 3.40. The number of rotatable bonds is 3. The van der Waals surface area contributed by atoms with Crippen molar-refractivity contribution in [1.82, 2.24) is 4.90 Å². The second kappa shape index (κ2) is 8.65. The van der Waals surface area contributed by atoms with Crippen LogP contribution in [-0.4, -0.2) is 79.7 Å². The molecular weight excluding hydrogens is 492 g/mol. The molecule has 10 heteroatoms. The molecule has 1 amide bonds. The van der Waals surface area contributed by atoms with Gasteiger partial charge in [-0.25, -0.2) is 0 Å². The number of phenolic OH excluding ortho intramolecular Hbond substituents is 1. The third-order valence-corrected chi connectivity index (χ3v) is 8.50. The van der Waals surface area contributed by atoms with Crippen molar-refractivity contribution in [2.24, 2.45) is 17.6 Å². The fourth-order valence-electron chi connectivity index (χ4n) is 6.73. The maximum atomic E-state index is 14.1. The Balaban J connectivity index is 2.11. The molecule has 0 heterocycles. The first-order chi connectivity index (χ1) is 17.4. The van der Waals surface area contributed by atoms with E-state index in [1.165, 1.54) is 19.0 Å². The van der Waals surface area contributed by atoms with E-state index in [4.69, 9.17) is 5.73 Å². The average Bonchev–Trinajstić information content (AvgIpc) is 2.80. The zero-order chi connectivity index (χ0) is 28.8. The monoisotopic (exact) mass is 528 g/mol. The summed E-state index contributed by atoms with van der Waals surface area (Å²) in [5.74, 6) is -8.80. The SMILES string of the molecule is CCc1cc(C(C)(C)C)c(O)c2c1[C@H](C)[C@@H]1C(=C2O)C(=O)[C@]2(O)C(O)=C(C(N)=O)C(=O)C(N(C)C)[C@@H]2[C@H]1O. The van der Waals surface area contributed by atoms with Crippen LogP contribution >= 0.6 is 0 Å². The minimum atomic E-state index is -2.92. The molecule has 6 atom stereocenters. The predicted octanol–water partition coefficient (Wildman–Crippen LogP) is 1.36. The molecule has 0 spiro atoms. The van der Waals surface area contributed by atoms with Crippen molar-refractivity contribution in [1.29, 1.82) is 0 Å². The van der Waals surface area contributed by atoms with Gasteiger partial charge in [-0.3, -0.25) is 19.3 Å². The Morgan fingerprint density at radius 2 is 1.74 bits per heavy atom. The second-order valence-corrected chi connectivity index (χ2v) is 11.9. The molecule has 0 aliphatic heterocycles. The van der Waals surface area contributed by atoms with Gasteiger partial charge in [-0.1, -0.05) is 40.7 Å². The first kappa shape index (κ1) is 27.8. The summed E-state index contributed by atoms with van der Waals surface area (Å²) in [6.07, 6.45) is -1.08. The van der Waals surface area contributed by atoms with Crippen LogP contribution in [0.25, 0.3) is 5.76 Å². The Morgan fingerprint density at radius 3 is 2.21 bits per heavy atom. The van der Waals surface area contributed by atoms with Crippen LogP contribution in [0.2, 0.25) is 0 Å². The van der Waals surface area contributed by atoms with Gasteiger partial charge >= 0.3 is 0 Å². The number of carbonyl (C=O) groups is 3. The van der Waals surface area contributed by atoms with Crippen molar-refractivity contribution in [3.63, 3.8) is 0 Å². The number of nitrogens with zero attached hydrogens (tertiary/aromatic N) is 1. The Bertz CT molecular complexity index is 1340. The zero-order valence-corrected chi connectivity index (χ0v) is 22.7. The van der Waals surface area contributed by atoms with E-state index in [0.29, 0.717) is 17.5 Å². The van der Waals surface area contributed by atoms with Gasteiger partial charge in [0.2, 0.25) is 5.78 Å². The fourth-order valence-corrected chi connectivity index (χ4v) is 6.73. The molecule has 4 rings (SSSR count). The van der Waals surface area contributed by atoms with Gasteiger partial charge in [0.25, 0.3) is 5.91 Å². The highest BCUT2D eigenvalue weighted by molar-refractivity contribution is 6.24. The molecule has 206 valence electrons. The average molecular weight is 529 g/mol. The maximum absolute atomic E-state index is 14.1. The third-order valence-electron chi connectivity index (χ3n) is 8.50. The summed E-state index contributed by atoms with van der Waals surface area (Å²) in [4.78, 5) is 40.8. The molecule has 10 nitrogen and oxygen atoms in total. The highest BCUT2D eigenvalue weighted by Crippen LogP contribution is 2.57. The van der Waals surface area contributed by atoms with Gasteiger partial charge in [0.1, 0.15) is 22.8 Å². The van der Waals surface area contributed by atoms with Crippen molar-refractivity contribution < 1.29 is 39.9 Å². The van der Waals surface area contributed by atoms with Crippen LogP contribution in [0.5, 0.6) is 5.75 Å². The molecule has 1 saturated carbocycles. The van der Waals surface area contributed by atoms with E-state index in [1.54, 1.807) is 6.92 Å². The lowest BCUT2D eigenvalue weighted by Gasteiger charge is -2.54. The number of primary amides is 1. The number of aryl methyl sites for hydroxylation is 1. The number of aromatic hydroxyl groups is 1. The molecule has 38 heavy (non-hydrogen) atoms. The molecule has 7 N–H and O–H groups in total. The Labute approximate surface area is 221 Å². The van der Waals surface area contributed by atoms with Crippen LogP contribution in [0.1, 0.15) is 62.8 Å². The van der Waals surface area contributed by atoms with Crippen LogP contribution in [-0.2, 0) is 26.2 Å². The van der Waals surface area contributed by atoms with E-state index in [-0.39, 0.29) is 16.9 Å². The lowest BCUT2D eigenvalue weighted by molar-refractivity contribution is -0.169. The minimum Gasteiger partial charge on any atom is -0.508 e. The van der Waals surface area contributed by atoms with Gasteiger partial charge in [-0.05, 0) is 43.0 Å².